The molecule has 2 nitrogen and oxygen atoms in total. The standard InChI is InChI=1S/C16H18BrClN2/c1-3-19-16(11(2)15-6-4-5-9-20-15)13-8-7-12(17)10-14(13)18/h4-11,16,19H,3H2,1-2H3. The lowest BCUT2D eigenvalue weighted by Crippen LogP contribution is -2.26. The van der Waals surface area contributed by atoms with Crippen molar-refractivity contribution in [3.63, 3.8) is 0 Å². The van der Waals surface area contributed by atoms with Gasteiger partial charge >= 0.3 is 0 Å². The first-order chi connectivity index (χ1) is 9.63. The molecule has 0 spiro atoms. The highest BCUT2D eigenvalue weighted by atomic mass is 79.9. The number of hydrogen-bond donors (Lipinski definition) is 1. The lowest BCUT2D eigenvalue weighted by Gasteiger charge is -2.26. The Morgan fingerprint density at radius 2 is 2.10 bits per heavy atom. The summed E-state index contributed by atoms with van der Waals surface area (Å²) in [6.45, 7) is 5.16. The van der Waals surface area contributed by atoms with Gasteiger partial charge in [-0.2, -0.15) is 0 Å². The normalized spacial score (nSPS) is 14.0. The lowest BCUT2D eigenvalue weighted by molar-refractivity contribution is 0.472. The van der Waals surface area contributed by atoms with E-state index in [0.29, 0.717) is 0 Å². The van der Waals surface area contributed by atoms with Crippen LogP contribution in [-0.4, -0.2) is 11.5 Å². The summed E-state index contributed by atoms with van der Waals surface area (Å²) in [4.78, 5) is 4.46. The van der Waals surface area contributed by atoms with Crippen molar-refractivity contribution >= 4 is 27.5 Å². The van der Waals surface area contributed by atoms with Crippen molar-refractivity contribution in [1.82, 2.24) is 10.3 Å². The fourth-order valence-corrected chi connectivity index (χ4v) is 3.14. The Bertz CT molecular complexity index is 560. The molecular formula is C16H18BrClN2. The summed E-state index contributed by atoms with van der Waals surface area (Å²) in [6.07, 6.45) is 1.83. The highest BCUT2D eigenvalue weighted by molar-refractivity contribution is 9.10. The molecule has 106 valence electrons. The molecule has 0 saturated heterocycles. The van der Waals surface area contributed by atoms with E-state index in [-0.39, 0.29) is 12.0 Å². The van der Waals surface area contributed by atoms with Gasteiger partial charge in [0.1, 0.15) is 0 Å². The van der Waals surface area contributed by atoms with Crippen molar-refractivity contribution in [3.05, 3.63) is 63.3 Å². The second kappa shape index (κ2) is 7.21. The fraction of sp³-hybridized carbons (Fsp3) is 0.312. The van der Waals surface area contributed by atoms with Crippen LogP contribution in [0.4, 0.5) is 0 Å². The van der Waals surface area contributed by atoms with E-state index in [1.54, 1.807) is 0 Å². The molecule has 0 aliphatic rings. The molecule has 2 atom stereocenters. The van der Waals surface area contributed by atoms with Crippen LogP contribution in [0.25, 0.3) is 0 Å². The minimum absolute atomic E-state index is 0.149. The number of aromatic nitrogens is 1. The van der Waals surface area contributed by atoms with Gasteiger partial charge in [-0.05, 0) is 36.4 Å². The number of nitrogens with zero attached hydrogens (tertiary/aromatic N) is 1. The van der Waals surface area contributed by atoms with Gasteiger partial charge in [0.05, 0.1) is 0 Å². The highest BCUT2D eigenvalue weighted by Gasteiger charge is 2.23. The van der Waals surface area contributed by atoms with E-state index in [2.05, 4.69) is 52.2 Å². The molecule has 1 N–H and O–H groups in total. The molecule has 0 fully saturated rings. The molecule has 0 amide bonds. The fourth-order valence-electron chi connectivity index (χ4n) is 2.35. The third-order valence-electron chi connectivity index (χ3n) is 3.38. The number of halogens is 2. The predicted octanol–water partition coefficient (Wildman–Crippen LogP) is 4.95. The summed E-state index contributed by atoms with van der Waals surface area (Å²) < 4.78 is 0.993. The van der Waals surface area contributed by atoms with E-state index in [1.165, 1.54) is 0 Å². The number of nitrogens with one attached hydrogen (secondary N) is 1. The maximum Gasteiger partial charge on any atom is 0.0465 e. The topological polar surface area (TPSA) is 24.9 Å². The van der Waals surface area contributed by atoms with Crippen LogP contribution in [0.1, 0.15) is 37.1 Å². The third-order valence-corrected chi connectivity index (χ3v) is 4.20. The van der Waals surface area contributed by atoms with Crippen molar-refractivity contribution in [3.8, 4) is 0 Å². The first-order valence-corrected chi connectivity index (χ1v) is 7.89. The van der Waals surface area contributed by atoms with Crippen LogP contribution < -0.4 is 5.32 Å². The molecule has 0 aliphatic heterocycles. The largest absolute Gasteiger partial charge is 0.310 e. The molecule has 20 heavy (non-hydrogen) atoms. The second-order valence-electron chi connectivity index (χ2n) is 4.74. The summed E-state index contributed by atoms with van der Waals surface area (Å²) in [5, 5.41) is 4.29. The Morgan fingerprint density at radius 1 is 1.30 bits per heavy atom. The molecule has 2 unspecified atom stereocenters. The average molecular weight is 354 g/mol. The van der Waals surface area contributed by atoms with Gasteiger partial charge < -0.3 is 5.32 Å². The molecule has 1 aromatic carbocycles. The number of rotatable bonds is 5. The van der Waals surface area contributed by atoms with E-state index >= 15 is 0 Å². The van der Waals surface area contributed by atoms with Crippen LogP contribution in [0.5, 0.6) is 0 Å². The Balaban J connectivity index is 2.35. The average Bonchev–Trinajstić information content (AvgIpc) is 2.46. The zero-order chi connectivity index (χ0) is 14.5. The van der Waals surface area contributed by atoms with Gasteiger partial charge in [-0.25, -0.2) is 0 Å². The van der Waals surface area contributed by atoms with Gasteiger partial charge in [0.15, 0.2) is 0 Å². The van der Waals surface area contributed by atoms with Crippen LogP contribution in [0.2, 0.25) is 5.02 Å². The monoisotopic (exact) mass is 352 g/mol. The summed E-state index contributed by atoms with van der Waals surface area (Å²) in [6, 6.07) is 12.2. The van der Waals surface area contributed by atoms with Crippen molar-refractivity contribution in [2.24, 2.45) is 0 Å². The molecule has 0 radical (unpaired) electrons. The Labute approximate surface area is 133 Å². The molecule has 0 saturated carbocycles. The highest BCUT2D eigenvalue weighted by Crippen LogP contribution is 2.34. The van der Waals surface area contributed by atoms with E-state index in [9.17, 15) is 0 Å². The summed E-state index contributed by atoms with van der Waals surface area (Å²) in [5.74, 6) is 0.245. The predicted molar refractivity (Wildman–Crippen MR) is 88.2 cm³/mol. The lowest BCUT2D eigenvalue weighted by atomic mass is 9.91. The van der Waals surface area contributed by atoms with E-state index in [4.69, 9.17) is 11.6 Å². The van der Waals surface area contributed by atoms with Crippen molar-refractivity contribution < 1.29 is 0 Å². The van der Waals surface area contributed by atoms with Gasteiger partial charge in [0.2, 0.25) is 0 Å². The Kier molecular flexibility index (Phi) is 5.58. The van der Waals surface area contributed by atoms with Crippen LogP contribution in [0, 0.1) is 0 Å². The zero-order valence-electron chi connectivity index (χ0n) is 11.6. The molecule has 0 aliphatic carbocycles. The Morgan fingerprint density at radius 3 is 2.70 bits per heavy atom. The zero-order valence-corrected chi connectivity index (χ0v) is 13.9. The maximum atomic E-state index is 6.40. The van der Waals surface area contributed by atoms with Crippen LogP contribution >= 0.6 is 27.5 Å². The molecule has 2 rings (SSSR count). The van der Waals surface area contributed by atoms with Crippen LogP contribution in [0.15, 0.2) is 47.1 Å². The smallest absolute Gasteiger partial charge is 0.0465 e. The summed E-state index contributed by atoms with van der Waals surface area (Å²) in [7, 11) is 0. The molecule has 1 aromatic heterocycles. The quantitative estimate of drug-likeness (QED) is 0.822. The Hall–Kier alpha value is -0.900. The van der Waals surface area contributed by atoms with Crippen molar-refractivity contribution in [2.75, 3.05) is 6.54 Å². The molecule has 2 aromatic rings. The number of likely N-dealkylation sites (N-methyl/N-ethyl adjacent to an activating group) is 1. The van der Waals surface area contributed by atoms with Crippen LogP contribution in [0.3, 0.4) is 0 Å². The minimum atomic E-state index is 0.149. The minimum Gasteiger partial charge on any atom is -0.310 e. The van der Waals surface area contributed by atoms with Crippen molar-refractivity contribution in [1.29, 1.82) is 0 Å². The molecular weight excluding hydrogens is 336 g/mol. The van der Waals surface area contributed by atoms with E-state index in [1.807, 2.05) is 30.5 Å². The maximum absolute atomic E-state index is 6.40. The molecule has 0 bridgehead atoms. The van der Waals surface area contributed by atoms with Gasteiger partial charge in [-0.1, -0.05) is 53.5 Å². The van der Waals surface area contributed by atoms with Gasteiger partial charge in [0, 0.05) is 33.3 Å². The van der Waals surface area contributed by atoms with E-state index < -0.39 is 0 Å². The number of benzene rings is 1. The van der Waals surface area contributed by atoms with Crippen molar-refractivity contribution in [2.45, 2.75) is 25.8 Å². The first-order valence-electron chi connectivity index (χ1n) is 6.72. The summed E-state index contributed by atoms with van der Waals surface area (Å²) >= 11 is 9.85. The molecule has 4 heteroatoms. The van der Waals surface area contributed by atoms with Gasteiger partial charge in [-0.3, -0.25) is 4.98 Å². The van der Waals surface area contributed by atoms with Gasteiger partial charge in [0.25, 0.3) is 0 Å². The van der Waals surface area contributed by atoms with Gasteiger partial charge in [-0.15, -0.1) is 0 Å². The second-order valence-corrected chi connectivity index (χ2v) is 6.07. The number of hydrogen-bond acceptors (Lipinski definition) is 2. The SMILES string of the molecule is CCNC(c1ccc(Br)cc1Cl)C(C)c1ccccn1. The molecule has 1 heterocycles. The summed E-state index contributed by atoms with van der Waals surface area (Å²) in [5.41, 5.74) is 2.17. The van der Waals surface area contributed by atoms with E-state index in [0.717, 1.165) is 27.3 Å². The van der Waals surface area contributed by atoms with Crippen LogP contribution in [-0.2, 0) is 0 Å². The third kappa shape index (κ3) is 3.60. The number of pyridine rings is 1. The first kappa shape index (κ1) is 15.5.